The van der Waals surface area contributed by atoms with E-state index in [1.165, 1.54) is 16.7 Å². The molecule has 0 N–H and O–H groups in total. The molecule has 0 saturated carbocycles. The lowest BCUT2D eigenvalue weighted by Crippen LogP contribution is -2.30. The van der Waals surface area contributed by atoms with Crippen molar-refractivity contribution >= 4 is 11.6 Å². The summed E-state index contributed by atoms with van der Waals surface area (Å²) in [5, 5.41) is 5.58. The third kappa shape index (κ3) is 7.32. The molecule has 0 aliphatic heterocycles. The Bertz CT molecular complexity index is 1150. The van der Waals surface area contributed by atoms with Crippen molar-refractivity contribution in [3.05, 3.63) is 101 Å². The molecule has 4 rings (SSSR count). The monoisotopic (exact) mass is 490 g/mol. The Morgan fingerprint density at radius 3 is 1.80 bits per heavy atom. The molecule has 188 valence electrons. The third-order valence-corrected chi connectivity index (χ3v) is 5.76. The Morgan fingerprint density at radius 2 is 1.23 bits per heavy atom. The lowest BCUT2D eigenvalue weighted by molar-refractivity contribution is 0.394. The van der Waals surface area contributed by atoms with Crippen LogP contribution in [0.3, 0.4) is 0 Å². The van der Waals surface area contributed by atoms with Gasteiger partial charge in [0.15, 0.2) is 0 Å². The first-order valence-electron chi connectivity index (χ1n) is 12.9. The summed E-state index contributed by atoms with van der Waals surface area (Å²) >= 11 is 6.52. The van der Waals surface area contributed by atoms with Gasteiger partial charge in [-0.2, -0.15) is 5.10 Å². The summed E-state index contributed by atoms with van der Waals surface area (Å²) in [6.45, 7) is 20.5. The zero-order valence-electron chi connectivity index (χ0n) is 23.3. The van der Waals surface area contributed by atoms with E-state index in [2.05, 4.69) is 86.1 Å². The van der Waals surface area contributed by atoms with Crippen molar-refractivity contribution in [3.8, 4) is 22.4 Å². The van der Waals surface area contributed by atoms with Crippen LogP contribution >= 0.6 is 11.6 Å². The molecule has 2 nitrogen and oxygen atoms in total. The van der Waals surface area contributed by atoms with Crippen LogP contribution in [0.15, 0.2) is 78.9 Å². The molecule has 0 radical (unpaired) electrons. The Kier molecular flexibility index (Phi) is 12.5. The molecule has 0 fully saturated rings. The fourth-order valence-corrected chi connectivity index (χ4v) is 4.23. The maximum Gasteiger partial charge on any atom is 0.0841 e. The van der Waals surface area contributed by atoms with E-state index in [0.29, 0.717) is 0 Å². The number of rotatable bonds is 4. The molecule has 4 aromatic rings. The normalized spacial score (nSPS) is 10.1. The van der Waals surface area contributed by atoms with Gasteiger partial charge in [0.05, 0.1) is 16.9 Å². The van der Waals surface area contributed by atoms with Gasteiger partial charge in [0, 0.05) is 5.02 Å². The molecule has 1 aromatic heterocycles. The molecule has 0 aliphatic rings. The number of halogens is 1. The van der Waals surface area contributed by atoms with Crippen LogP contribution in [0.2, 0.25) is 5.02 Å². The average molecular weight is 491 g/mol. The van der Waals surface area contributed by atoms with Gasteiger partial charge in [-0.05, 0) is 62.1 Å². The molecule has 0 unspecified atom stereocenters. The molecule has 0 aliphatic carbocycles. The molecule has 35 heavy (non-hydrogen) atoms. The van der Waals surface area contributed by atoms with E-state index in [0.717, 1.165) is 27.5 Å². The number of benzene rings is 3. The van der Waals surface area contributed by atoms with Gasteiger partial charge in [-0.25, -0.2) is 0 Å². The smallest absolute Gasteiger partial charge is 0.0841 e. The van der Waals surface area contributed by atoms with Crippen LogP contribution in [0.1, 0.15) is 72.2 Å². The van der Waals surface area contributed by atoms with Crippen LogP contribution in [0, 0.1) is 13.8 Å². The number of hydrogen-bond donors (Lipinski definition) is 0. The highest BCUT2D eigenvalue weighted by Gasteiger charge is 2.29. The summed E-state index contributed by atoms with van der Waals surface area (Å²) in [6.07, 6.45) is 0. The van der Waals surface area contributed by atoms with Crippen molar-refractivity contribution in [2.75, 3.05) is 0 Å². The average Bonchev–Trinajstić information content (AvgIpc) is 3.30. The van der Waals surface area contributed by atoms with Gasteiger partial charge in [-0.1, -0.05) is 125 Å². The topological polar surface area (TPSA) is 17.8 Å². The van der Waals surface area contributed by atoms with E-state index in [-0.39, 0.29) is 5.54 Å². The highest BCUT2D eigenvalue weighted by molar-refractivity contribution is 6.31. The molecule has 1 heterocycles. The molecular formula is C32H43ClN2. The summed E-state index contributed by atoms with van der Waals surface area (Å²) in [7, 11) is 0. The van der Waals surface area contributed by atoms with E-state index in [9.17, 15) is 0 Å². The third-order valence-electron chi connectivity index (χ3n) is 5.43. The second kappa shape index (κ2) is 14.5. The molecule has 3 heteroatoms. The van der Waals surface area contributed by atoms with Gasteiger partial charge in [0.1, 0.15) is 0 Å². The quantitative estimate of drug-likeness (QED) is 0.278. The summed E-state index contributed by atoms with van der Waals surface area (Å²) in [6, 6.07) is 27.4. The van der Waals surface area contributed by atoms with Crippen molar-refractivity contribution in [2.24, 2.45) is 0 Å². The van der Waals surface area contributed by atoms with Crippen molar-refractivity contribution in [1.82, 2.24) is 9.78 Å². The summed E-state index contributed by atoms with van der Waals surface area (Å²) in [5.74, 6) is 0. The minimum atomic E-state index is -0.378. The largest absolute Gasteiger partial charge is 0.255 e. The van der Waals surface area contributed by atoms with E-state index < -0.39 is 0 Å². The molecular weight excluding hydrogens is 448 g/mol. The van der Waals surface area contributed by atoms with Gasteiger partial charge in [-0.3, -0.25) is 4.68 Å². The molecule has 0 amide bonds. The van der Waals surface area contributed by atoms with Crippen LogP contribution in [0.25, 0.3) is 22.4 Å². The van der Waals surface area contributed by atoms with Crippen molar-refractivity contribution in [3.63, 3.8) is 0 Å². The summed E-state index contributed by atoms with van der Waals surface area (Å²) in [4.78, 5) is 0. The zero-order chi connectivity index (χ0) is 26.6. The second-order valence-electron chi connectivity index (χ2n) is 8.07. The number of nitrogens with zero attached hydrogens (tertiary/aromatic N) is 2. The number of aryl methyl sites for hydroxylation is 2. The SMILES string of the molecule is CC.CC.CC.Cc1cccc(-c2ccc(-c3cc(C)nn3C(C)(C)c3ccccc3Cl)cc2)c1. The van der Waals surface area contributed by atoms with Crippen molar-refractivity contribution in [1.29, 1.82) is 0 Å². The molecule has 0 atom stereocenters. The number of aromatic nitrogens is 2. The Balaban J connectivity index is 0.000000949. The highest BCUT2D eigenvalue weighted by Crippen LogP contribution is 2.35. The van der Waals surface area contributed by atoms with Gasteiger partial charge in [-0.15, -0.1) is 0 Å². The predicted octanol–water partition coefficient (Wildman–Crippen LogP) is 10.3. The zero-order valence-corrected chi connectivity index (χ0v) is 24.0. The van der Waals surface area contributed by atoms with E-state index in [1.807, 2.05) is 66.7 Å². The van der Waals surface area contributed by atoms with Crippen LogP contribution < -0.4 is 0 Å². The standard InChI is InChI=1S/C26H25ClN2.3C2H6/c1-18-8-7-9-22(16-18)20-12-14-21(15-13-20)25-17-19(2)28-29(25)26(3,4)23-10-5-6-11-24(23)27;3*1-2/h5-17H,1-4H3;3*1-2H3. The van der Waals surface area contributed by atoms with Gasteiger partial charge in [0.25, 0.3) is 0 Å². The fourth-order valence-electron chi connectivity index (χ4n) is 3.86. The second-order valence-corrected chi connectivity index (χ2v) is 8.48. The highest BCUT2D eigenvalue weighted by atomic mass is 35.5. The summed E-state index contributed by atoms with van der Waals surface area (Å²) in [5.41, 5.74) is 7.61. The molecule has 0 saturated heterocycles. The lowest BCUT2D eigenvalue weighted by atomic mass is 9.93. The van der Waals surface area contributed by atoms with E-state index in [1.54, 1.807) is 0 Å². The minimum Gasteiger partial charge on any atom is -0.255 e. The number of hydrogen-bond acceptors (Lipinski definition) is 1. The Hall–Kier alpha value is -2.84. The Labute approximate surface area is 219 Å². The molecule has 0 bridgehead atoms. The summed E-state index contributed by atoms with van der Waals surface area (Å²) < 4.78 is 2.09. The van der Waals surface area contributed by atoms with Crippen molar-refractivity contribution in [2.45, 2.75) is 74.8 Å². The van der Waals surface area contributed by atoms with Gasteiger partial charge >= 0.3 is 0 Å². The van der Waals surface area contributed by atoms with Crippen molar-refractivity contribution < 1.29 is 0 Å². The first-order valence-corrected chi connectivity index (χ1v) is 13.2. The molecule has 0 spiro atoms. The van der Waals surface area contributed by atoms with Gasteiger partial charge in [0.2, 0.25) is 0 Å². The molecule has 3 aromatic carbocycles. The first kappa shape index (κ1) is 30.2. The minimum absolute atomic E-state index is 0.378. The lowest BCUT2D eigenvalue weighted by Gasteiger charge is -2.29. The van der Waals surface area contributed by atoms with E-state index >= 15 is 0 Å². The first-order chi connectivity index (χ1) is 16.9. The maximum atomic E-state index is 6.52. The van der Waals surface area contributed by atoms with Crippen LogP contribution in [-0.2, 0) is 5.54 Å². The Morgan fingerprint density at radius 1 is 0.657 bits per heavy atom. The maximum absolute atomic E-state index is 6.52. The van der Waals surface area contributed by atoms with Crippen LogP contribution in [0.5, 0.6) is 0 Å². The predicted molar refractivity (Wildman–Crippen MR) is 156 cm³/mol. The van der Waals surface area contributed by atoms with Crippen LogP contribution in [0.4, 0.5) is 0 Å². The van der Waals surface area contributed by atoms with Crippen LogP contribution in [-0.4, -0.2) is 9.78 Å². The fraction of sp³-hybridized carbons (Fsp3) is 0.344. The van der Waals surface area contributed by atoms with E-state index in [4.69, 9.17) is 16.7 Å². The van der Waals surface area contributed by atoms with Gasteiger partial charge < -0.3 is 0 Å².